The molecule has 0 N–H and O–H groups in total. The van der Waals surface area contributed by atoms with Gasteiger partial charge in [0.2, 0.25) is 0 Å². The van der Waals surface area contributed by atoms with Crippen molar-refractivity contribution in [2.45, 2.75) is 11.4 Å². The fourth-order valence-electron chi connectivity index (χ4n) is 1.20. The summed E-state index contributed by atoms with van der Waals surface area (Å²) in [6.45, 7) is 0. The van der Waals surface area contributed by atoms with Crippen LogP contribution in [-0.4, -0.2) is 0 Å². The van der Waals surface area contributed by atoms with Crippen molar-refractivity contribution in [1.82, 2.24) is 0 Å². The fourth-order valence-corrected chi connectivity index (χ4v) is 2.02. The molecule has 81 valence electrons. The van der Waals surface area contributed by atoms with Gasteiger partial charge in [0.15, 0.2) is 0 Å². The minimum absolute atomic E-state index is 0. The number of rotatable bonds is 1. The van der Waals surface area contributed by atoms with Gasteiger partial charge in [-0.1, -0.05) is 0 Å². The maximum Gasteiger partial charge on any atom is -0.172 e. The molecule has 1 atom stereocenters. The molecule has 3 heteroatoms. The van der Waals surface area contributed by atoms with Crippen LogP contribution < -0.4 is 0 Å². The maximum atomic E-state index is 4.31. The predicted molar refractivity (Wildman–Crippen MR) is 54.0 cm³/mol. The van der Waals surface area contributed by atoms with Crippen LogP contribution in [0.4, 0.5) is 0 Å². The van der Waals surface area contributed by atoms with E-state index in [2.05, 4.69) is 28.2 Å². The van der Waals surface area contributed by atoms with Crippen LogP contribution in [0.2, 0.25) is 5.32 Å². The van der Waals surface area contributed by atoms with Crippen molar-refractivity contribution in [3.63, 3.8) is 0 Å². The van der Waals surface area contributed by atoms with Gasteiger partial charge in [-0.25, -0.2) is 12.1 Å². The summed E-state index contributed by atoms with van der Waals surface area (Å²) < 4.78 is 4.31. The van der Waals surface area contributed by atoms with Gasteiger partial charge in [-0.05, 0) is 0 Å². The molecule has 1 heterocycles. The van der Waals surface area contributed by atoms with E-state index >= 15 is 0 Å². The SMILES string of the molecule is [Fe+2].c1cc[c-](C2[CH2][Fe]=[N]2)c1.c1cc[cH-]c1. The van der Waals surface area contributed by atoms with Crippen molar-refractivity contribution in [3.8, 4) is 0 Å². The molecule has 1 unspecified atom stereocenters. The molecule has 2 aromatic rings. The van der Waals surface area contributed by atoms with E-state index in [4.69, 9.17) is 0 Å². The Morgan fingerprint density at radius 2 is 1.73 bits per heavy atom. The Labute approximate surface area is 107 Å². The van der Waals surface area contributed by atoms with E-state index in [-0.39, 0.29) is 17.1 Å². The van der Waals surface area contributed by atoms with E-state index < -0.39 is 0 Å². The summed E-state index contributed by atoms with van der Waals surface area (Å²) in [5, 5.41) is 1.25. The minimum Gasteiger partial charge on any atom is -0.214 e. The molecule has 1 aliphatic heterocycles. The van der Waals surface area contributed by atoms with Crippen LogP contribution in [0.25, 0.3) is 0 Å². The molecule has 15 heavy (non-hydrogen) atoms. The molecule has 0 saturated heterocycles. The Morgan fingerprint density at radius 3 is 2.07 bits per heavy atom. The van der Waals surface area contributed by atoms with Crippen LogP contribution in [-0.2, 0) is 31.8 Å². The first kappa shape index (κ1) is 12.6. The first-order valence-corrected chi connectivity index (χ1v) is 5.88. The zero-order valence-corrected chi connectivity index (χ0v) is 10.3. The van der Waals surface area contributed by atoms with Crippen LogP contribution in [0.3, 0.4) is 0 Å². The molecular weight excluding hydrogens is 270 g/mol. The molecule has 0 bridgehead atoms. The van der Waals surface area contributed by atoms with Crippen LogP contribution in [0.15, 0.2) is 58.6 Å². The third kappa shape index (κ3) is 3.89. The summed E-state index contributed by atoms with van der Waals surface area (Å²) in [6, 6.07) is 19.0. The number of hydrogen-bond acceptors (Lipinski definition) is 1. The van der Waals surface area contributed by atoms with Gasteiger partial charge in [0.05, 0.1) is 0 Å². The minimum atomic E-state index is 0. The van der Waals surface area contributed by atoms with Crippen molar-refractivity contribution in [2.24, 2.45) is 3.96 Å². The van der Waals surface area contributed by atoms with Gasteiger partial charge < -0.3 is 0 Å². The zero-order chi connectivity index (χ0) is 9.64. The van der Waals surface area contributed by atoms with Gasteiger partial charge in [-0.15, -0.1) is 0 Å². The van der Waals surface area contributed by atoms with Crippen molar-refractivity contribution in [3.05, 3.63) is 60.2 Å². The van der Waals surface area contributed by atoms with Crippen LogP contribution >= 0.6 is 0 Å². The molecule has 1 aliphatic rings. The monoisotopic (exact) mass is 282 g/mol. The summed E-state index contributed by atoms with van der Waals surface area (Å²) in [5.74, 6) is 0. The molecular formula is C12H12Fe2N. The van der Waals surface area contributed by atoms with E-state index in [1.807, 2.05) is 30.3 Å². The summed E-state index contributed by atoms with van der Waals surface area (Å²) in [6.07, 6.45) is 0. The van der Waals surface area contributed by atoms with Gasteiger partial charge in [0.1, 0.15) is 0 Å². The average Bonchev–Trinajstić information content (AvgIpc) is 2.75. The number of nitrogens with zero attached hydrogens (tertiary/aromatic N) is 1. The van der Waals surface area contributed by atoms with Crippen molar-refractivity contribution in [2.75, 3.05) is 0 Å². The second-order valence-electron chi connectivity index (χ2n) is 3.04. The van der Waals surface area contributed by atoms with Gasteiger partial charge in [0, 0.05) is 0 Å². The second kappa shape index (κ2) is 6.92. The molecule has 0 aromatic heterocycles. The first-order chi connectivity index (χ1) is 6.97. The topological polar surface area (TPSA) is 12.4 Å². The first-order valence-electron chi connectivity index (χ1n) is 4.61. The van der Waals surface area contributed by atoms with Gasteiger partial charge in [-0.3, -0.25) is 0 Å². The Kier molecular flexibility index (Phi) is 5.82. The average molecular weight is 282 g/mol. The van der Waals surface area contributed by atoms with Crippen molar-refractivity contribution >= 4 is 0 Å². The van der Waals surface area contributed by atoms with E-state index in [9.17, 15) is 0 Å². The Morgan fingerprint density at radius 1 is 1.13 bits per heavy atom. The standard InChI is InChI=1S/C7H7N.C5H5.2Fe/c1-6(8)7-4-2-3-5-7;1-2-4-5-3-1;;/h2-6H,1H2;1-5H;;/q2*-1;;+2. The molecule has 2 aromatic carbocycles. The summed E-state index contributed by atoms with van der Waals surface area (Å²) in [4.78, 5) is 0. The Hall–Kier alpha value is -0.461. The molecule has 0 spiro atoms. The summed E-state index contributed by atoms with van der Waals surface area (Å²) in [7, 11) is 0. The van der Waals surface area contributed by atoms with E-state index in [1.54, 1.807) is 0 Å². The molecule has 0 radical (unpaired) electrons. The van der Waals surface area contributed by atoms with Crippen LogP contribution in [0.5, 0.6) is 0 Å². The van der Waals surface area contributed by atoms with E-state index in [0.717, 1.165) is 14.8 Å². The summed E-state index contributed by atoms with van der Waals surface area (Å²) in [5.41, 5.74) is 1.39. The molecule has 3 rings (SSSR count). The Bertz CT molecular complexity index is 345. The molecule has 1 nitrogen and oxygen atoms in total. The quantitative estimate of drug-likeness (QED) is 0.560. The largest absolute Gasteiger partial charge is 0.214 e. The summed E-state index contributed by atoms with van der Waals surface area (Å²) >= 11 is 1.07. The zero-order valence-electron chi connectivity index (χ0n) is 8.13. The van der Waals surface area contributed by atoms with Crippen molar-refractivity contribution in [1.29, 1.82) is 0 Å². The van der Waals surface area contributed by atoms with Gasteiger partial charge >= 0.3 is 77.0 Å². The van der Waals surface area contributed by atoms with Crippen LogP contribution in [0.1, 0.15) is 11.6 Å². The van der Waals surface area contributed by atoms with E-state index in [0.29, 0.717) is 6.04 Å². The third-order valence-corrected chi connectivity index (χ3v) is 3.18. The van der Waals surface area contributed by atoms with Gasteiger partial charge in [-0.2, -0.15) is 18.2 Å². The smallest absolute Gasteiger partial charge is 0.172 e. The molecule has 0 fully saturated rings. The van der Waals surface area contributed by atoms with Gasteiger partial charge in [0.25, 0.3) is 0 Å². The maximum absolute atomic E-state index is 4.31. The molecule has 0 amide bonds. The third-order valence-electron chi connectivity index (χ3n) is 2.00. The number of hydrogen-bond donors (Lipinski definition) is 0. The molecule has 0 saturated carbocycles. The second-order valence-corrected chi connectivity index (χ2v) is 4.13. The van der Waals surface area contributed by atoms with Crippen molar-refractivity contribution < 1.29 is 31.8 Å². The molecule has 0 aliphatic carbocycles. The van der Waals surface area contributed by atoms with Crippen LogP contribution in [0, 0.1) is 0 Å². The Balaban J connectivity index is 0.000000162. The normalized spacial score (nSPS) is 17.5. The fraction of sp³-hybridized carbons (Fsp3) is 0.167. The predicted octanol–water partition coefficient (Wildman–Crippen LogP) is 3.55. The van der Waals surface area contributed by atoms with E-state index in [1.165, 1.54) is 10.9 Å².